The second-order valence-electron chi connectivity index (χ2n) is 7.05. The van der Waals surface area contributed by atoms with E-state index in [-0.39, 0.29) is 12.3 Å². The van der Waals surface area contributed by atoms with E-state index in [9.17, 15) is 9.59 Å². The maximum Gasteiger partial charge on any atom is 0.228 e. The van der Waals surface area contributed by atoms with Gasteiger partial charge in [-0.1, -0.05) is 24.3 Å². The van der Waals surface area contributed by atoms with Crippen molar-refractivity contribution in [3.63, 3.8) is 0 Å². The van der Waals surface area contributed by atoms with Gasteiger partial charge in [-0.05, 0) is 47.0 Å². The number of nitrogens with zero attached hydrogens (tertiary/aromatic N) is 1. The van der Waals surface area contributed by atoms with Gasteiger partial charge in [-0.15, -0.1) is 0 Å². The summed E-state index contributed by atoms with van der Waals surface area (Å²) in [5.41, 5.74) is 10.00. The number of hydrogen-bond donors (Lipinski definition) is 3. The molecular weight excluding hydrogens is 380 g/mol. The molecule has 1 aliphatic heterocycles. The van der Waals surface area contributed by atoms with Crippen molar-refractivity contribution in [3.8, 4) is 16.9 Å². The van der Waals surface area contributed by atoms with Crippen LogP contribution >= 0.6 is 0 Å². The molecule has 0 fully saturated rings. The maximum atomic E-state index is 11.6. The van der Waals surface area contributed by atoms with Crippen LogP contribution in [-0.4, -0.2) is 29.9 Å². The highest BCUT2D eigenvalue weighted by atomic mass is 16.5. The minimum atomic E-state index is -0.392. The highest BCUT2D eigenvalue weighted by Gasteiger charge is 2.17. The van der Waals surface area contributed by atoms with Crippen LogP contribution in [0.2, 0.25) is 0 Å². The Bertz CT molecular complexity index is 1100. The number of amides is 2. The van der Waals surface area contributed by atoms with Gasteiger partial charge in [0.2, 0.25) is 11.8 Å². The van der Waals surface area contributed by atoms with E-state index >= 15 is 0 Å². The molecule has 4 N–H and O–H groups in total. The summed E-state index contributed by atoms with van der Waals surface area (Å²) in [6.07, 6.45) is 2.31. The first kappa shape index (κ1) is 19.4. The number of carbonyl (C=O) groups is 2. The lowest BCUT2D eigenvalue weighted by Crippen LogP contribution is -2.16. The van der Waals surface area contributed by atoms with Crippen molar-refractivity contribution in [3.05, 3.63) is 71.9 Å². The summed E-state index contributed by atoms with van der Waals surface area (Å²) in [7, 11) is 0. The smallest absolute Gasteiger partial charge is 0.228 e. The molecule has 2 amide bonds. The lowest BCUT2D eigenvalue weighted by Gasteiger charge is -2.12. The van der Waals surface area contributed by atoms with Crippen molar-refractivity contribution in [2.75, 3.05) is 23.8 Å². The van der Waals surface area contributed by atoms with Crippen molar-refractivity contribution in [2.24, 2.45) is 5.73 Å². The van der Waals surface area contributed by atoms with E-state index in [1.807, 2.05) is 54.6 Å². The van der Waals surface area contributed by atoms with Crippen LogP contribution in [0.4, 0.5) is 11.5 Å². The number of nitrogens with two attached hydrogens (primary N) is 1. The topological polar surface area (TPSA) is 106 Å². The van der Waals surface area contributed by atoms with Crippen molar-refractivity contribution in [2.45, 2.75) is 12.8 Å². The number of para-hydroxylation sites is 1. The monoisotopic (exact) mass is 402 g/mol. The summed E-state index contributed by atoms with van der Waals surface area (Å²) in [5, 5.41) is 6.10. The molecule has 1 aliphatic rings. The van der Waals surface area contributed by atoms with Gasteiger partial charge in [0.15, 0.2) is 0 Å². The fraction of sp³-hybridized carbons (Fsp3) is 0.174. The van der Waals surface area contributed by atoms with Crippen molar-refractivity contribution < 1.29 is 14.3 Å². The highest BCUT2D eigenvalue weighted by molar-refractivity contribution is 5.99. The Labute approximate surface area is 174 Å². The predicted octanol–water partition coefficient (Wildman–Crippen LogP) is 2.76. The van der Waals surface area contributed by atoms with Crippen LogP contribution in [0.15, 0.2) is 60.8 Å². The molecule has 0 unspecified atom stereocenters. The minimum Gasteiger partial charge on any atom is -0.491 e. The van der Waals surface area contributed by atoms with E-state index in [1.165, 1.54) is 0 Å². The SMILES string of the molecule is NC(=O)Cc1ccccc1OCCNc1cc(-c2ccc3c(c2)CC(=O)N3)ccn1. The van der Waals surface area contributed by atoms with Gasteiger partial charge >= 0.3 is 0 Å². The van der Waals surface area contributed by atoms with Gasteiger partial charge in [-0.2, -0.15) is 0 Å². The number of ether oxygens (including phenoxy) is 1. The Morgan fingerprint density at radius 2 is 1.97 bits per heavy atom. The normalized spacial score (nSPS) is 12.2. The first-order valence-electron chi connectivity index (χ1n) is 9.70. The molecule has 0 bridgehead atoms. The highest BCUT2D eigenvalue weighted by Crippen LogP contribution is 2.29. The van der Waals surface area contributed by atoms with Crippen LogP contribution in [-0.2, 0) is 22.4 Å². The molecule has 0 saturated carbocycles. The number of aromatic nitrogens is 1. The van der Waals surface area contributed by atoms with Crippen LogP contribution in [0.25, 0.3) is 11.1 Å². The molecule has 2 heterocycles. The molecule has 3 aromatic rings. The Hall–Kier alpha value is -3.87. The molecular formula is C23H22N4O3. The maximum absolute atomic E-state index is 11.6. The number of nitrogens with one attached hydrogen (secondary N) is 2. The van der Waals surface area contributed by atoms with Crippen molar-refractivity contribution >= 4 is 23.3 Å². The van der Waals surface area contributed by atoms with E-state index in [2.05, 4.69) is 15.6 Å². The standard InChI is InChI=1S/C23H22N4O3/c24-21(28)12-17-3-1-2-4-20(17)30-10-9-26-22-13-16(7-8-25-22)15-5-6-19-18(11-15)14-23(29)27-19/h1-8,11,13H,9-10,12,14H2,(H2,24,28)(H,25,26)(H,27,29). The van der Waals surface area contributed by atoms with E-state index < -0.39 is 5.91 Å². The molecule has 7 heteroatoms. The number of anilines is 2. The second kappa shape index (κ2) is 8.65. The molecule has 0 saturated heterocycles. The number of benzene rings is 2. The van der Waals surface area contributed by atoms with Gasteiger partial charge in [-0.25, -0.2) is 4.98 Å². The van der Waals surface area contributed by atoms with Crippen LogP contribution in [0, 0.1) is 0 Å². The van der Waals surface area contributed by atoms with Gasteiger partial charge < -0.3 is 21.1 Å². The van der Waals surface area contributed by atoms with E-state index in [0.717, 1.165) is 33.8 Å². The molecule has 4 rings (SSSR count). The van der Waals surface area contributed by atoms with Crippen LogP contribution in [0.3, 0.4) is 0 Å². The number of hydrogen-bond acceptors (Lipinski definition) is 5. The molecule has 0 spiro atoms. The van der Waals surface area contributed by atoms with E-state index in [0.29, 0.717) is 25.3 Å². The fourth-order valence-electron chi connectivity index (χ4n) is 3.43. The zero-order valence-electron chi connectivity index (χ0n) is 16.4. The lowest BCUT2D eigenvalue weighted by atomic mass is 10.0. The second-order valence-corrected chi connectivity index (χ2v) is 7.05. The molecule has 152 valence electrons. The average molecular weight is 402 g/mol. The van der Waals surface area contributed by atoms with Crippen LogP contribution < -0.4 is 21.1 Å². The number of carbonyl (C=O) groups excluding carboxylic acids is 2. The molecule has 0 atom stereocenters. The van der Waals surface area contributed by atoms with Crippen molar-refractivity contribution in [1.29, 1.82) is 0 Å². The third kappa shape index (κ3) is 4.57. The number of rotatable bonds is 8. The number of fused-ring (bicyclic) bond motifs is 1. The number of primary amides is 1. The summed E-state index contributed by atoms with van der Waals surface area (Å²) in [4.78, 5) is 27.1. The first-order valence-corrected chi connectivity index (χ1v) is 9.70. The molecule has 1 aromatic heterocycles. The molecule has 0 aliphatic carbocycles. The van der Waals surface area contributed by atoms with Crippen LogP contribution in [0.1, 0.15) is 11.1 Å². The Balaban J connectivity index is 1.36. The summed E-state index contributed by atoms with van der Waals surface area (Å²) in [5.74, 6) is 1.02. The van der Waals surface area contributed by atoms with Gasteiger partial charge in [0.25, 0.3) is 0 Å². The molecule has 2 aromatic carbocycles. The van der Waals surface area contributed by atoms with Crippen LogP contribution in [0.5, 0.6) is 5.75 Å². The largest absolute Gasteiger partial charge is 0.491 e. The third-order valence-electron chi connectivity index (χ3n) is 4.83. The van der Waals surface area contributed by atoms with E-state index in [1.54, 1.807) is 6.20 Å². The fourth-order valence-corrected chi connectivity index (χ4v) is 3.43. The van der Waals surface area contributed by atoms with Gasteiger partial charge in [0, 0.05) is 17.4 Å². The van der Waals surface area contributed by atoms with Gasteiger partial charge in [0.1, 0.15) is 18.2 Å². The molecule has 7 nitrogen and oxygen atoms in total. The average Bonchev–Trinajstić information content (AvgIpc) is 3.11. The Kier molecular flexibility index (Phi) is 5.61. The summed E-state index contributed by atoms with van der Waals surface area (Å²) < 4.78 is 5.80. The third-order valence-corrected chi connectivity index (χ3v) is 4.83. The zero-order valence-corrected chi connectivity index (χ0v) is 16.4. The minimum absolute atomic E-state index is 0.0247. The van der Waals surface area contributed by atoms with Gasteiger partial charge in [0.05, 0.1) is 19.4 Å². The lowest BCUT2D eigenvalue weighted by molar-refractivity contribution is -0.117. The summed E-state index contributed by atoms with van der Waals surface area (Å²) in [6, 6.07) is 17.2. The van der Waals surface area contributed by atoms with Gasteiger partial charge in [-0.3, -0.25) is 9.59 Å². The summed E-state index contributed by atoms with van der Waals surface area (Å²) >= 11 is 0. The van der Waals surface area contributed by atoms with Crippen molar-refractivity contribution in [1.82, 2.24) is 4.98 Å². The Morgan fingerprint density at radius 3 is 2.83 bits per heavy atom. The Morgan fingerprint density at radius 1 is 1.13 bits per heavy atom. The number of pyridine rings is 1. The predicted molar refractivity (Wildman–Crippen MR) is 115 cm³/mol. The first-order chi connectivity index (χ1) is 14.6. The zero-order chi connectivity index (χ0) is 20.9. The molecule has 0 radical (unpaired) electrons. The summed E-state index contributed by atoms with van der Waals surface area (Å²) in [6.45, 7) is 0.957. The quantitative estimate of drug-likeness (QED) is 0.503. The molecule has 30 heavy (non-hydrogen) atoms. The van der Waals surface area contributed by atoms with E-state index in [4.69, 9.17) is 10.5 Å².